The third kappa shape index (κ3) is 3.78. The summed E-state index contributed by atoms with van der Waals surface area (Å²) in [4.78, 5) is 17.1. The molecule has 1 amide bonds. The summed E-state index contributed by atoms with van der Waals surface area (Å²) in [6, 6.07) is 18.1. The van der Waals surface area contributed by atoms with Crippen LogP contribution >= 0.6 is 43.5 Å². The van der Waals surface area contributed by atoms with E-state index in [0.29, 0.717) is 33.3 Å². The molecule has 0 aliphatic rings. The van der Waals surface area contributed by atoms with Gasteiger partial charge in [0.05, 0.1) is 16.1 Å². The third-order valence-corrected chi connectivity index (χ3v) is 5.44. The Hall–Kier alpha value is -2.15. The number of halogens is 3. The number of nitrogens with zero attached hydrogens (tertiary/aromatic N) is 1. The Morgan fingerprint density at radius 1 is 1.04 bits per heavy atom. The van der Waals surface area contributed by atoms with Crippen LogP contribution in [0.2, 0.25) is 5.02 Å². The van der Waals surface area contributed by atoms with Crippen molar-refractivity contribution in [1.29, 1.82) is 0 Å². The Kier molecular flexibility index (Phi) is 5.04. The summed E-state index contributed by atoms with van der Waals surface area (Å²) in [5.41, 5.74) is 3.15. The number of oxazole rings is 1. The van der Waals surface area contributed by atoms with Crippen molar-refractivity contribution in [1.82, 2.24) is 4.98 Å². The molecule has 0 aliphatic heterocycles. The molecule has 1 aromatic heterocycles. The highest BCUT2D eigenvalue weighted by Gasteiger charge is 2.14. The van der Waals surface area contributed by atoms with Gasteiger partial charge in [-0.05, 0) is 64.5 Å². The Labute approximate surface area is 176 Å². The van der Waals surface area contributed by atoms with Crippen LogP contribution in [0.25, 0.3) is 22.6 Å². The summed E-state index contributed by atoms with van der Waals surface area (Å²) in [6.45, 7) is 0. The predicted octanol–water partition coefficient (Wildman–Crippen LogP) is 6.93. The molecule has 0 unspecified atom stereocenters. The van der Waals surface area contributed by atoms with E-state index in [2.05, 4.69) is 42.2 Å². The molecule has 0 saturated carbocycles. The van der Waals surface area contributed by atoms with Gasteiger partial charge in [-0.3, -0.25) is 4.79 Å². The highest BCUT2D eigenvalue weighted by atomic mass is 79.9. The van der Waals surface area contributed by atoms with Gasteiger partial charge >= 0.3 is 0 Å². The van der Waals surface area contributed by atoms with Crippen LogP contribution in [0.1, 0.15) is 10.4 Å². The van der Waals surface area contributed by atoms with Crippen molar-refractivity contribution in [3.8, 4) is 11.5 Å². The number of carbonyl (C=O) groups excluding carboxylic acids is 1. The van der Waals surface area contributed by atoms with Crippen LogP contribution in [0.4, 0.5) is 5.69 Å². The number of benzene rings is 3. The number of carbonyl (C=O) groups is 1. The summed E-state index contributed by atoms with van der Waals surface area (Å²) in [7, 11) is 0. The molecule has 0 aliphatic carbocycles. The van der Waals surface area contributed by atoms with Crippen molar-refractivity contribution in [3.05, 3.63) is 80.2 Å². The Morgan fingerprint density at radius 3 is 2.67 bits per heavy atom. The SMILES string of the molecule is O=C(Nc1ccc2oc(-c3ccccc3Br)nc2c1)c1cc(Br)ccc1Cl. The highest BCUT2D eigenvalue weighted by Crippen LogP contribution is 2.31. The molecule has 0 fully saturated rings. The molecule has 4 rings (SSSR count). The quantitative estimate of drug-likeness (QED) is 0.328. The molecule has 4 nitrogen and oxygen atoms in total. The molecule has 0 saturated heterocycles. The van der Waals surface area contributed by atoms with Gasteiger partial charge in [-0.2, -0.15) is 0 Å². The summed E-state index contributed by atoms with van der Waals surface area (Å²) in [6.07, 6.45) is 0. The van der Waals surface area contributed by atoms with Crippen LogP contribution in [0.15, 0.2) is 74.0 Å². The third-order valence-electron chi connectivity index (χ3n) is 3.92. The van der Waals surface area contributed by atoms with Gasteiger partial charge in [-0.25, -0.2) is 4.98 Å². The van der Waals surface area contributed by atoms with Crippen molar-refractivity contribution in [2.45, 2.75) is 0 Å². The minimum absolute atomic E-state index is 0.296. The second-order valence-corrected chi connectivity index (χ2v) is 7.94. The first-order valence-electron chi connectivity index (χ1n) is 7.93. The Morgan fingerprint density at radius 2 is 1.85 bits per heavy atom. The number of anilines is 1. The minimum Gasteiger partial charge on any atom is -0.436 e. The van der Waals surface area contributed by atoms with E-state index in [9.17, 15) is 4.79 Å². The number of amides is 1. The number of fused-ring (bicyclic) bond motifs is 1. The first-order valence-corrected chi connectivity index (χ1v) is 9.89. The fourth-order valence-electron chi connectivity index (χ4n) is 2.62. The van der Waals surface area contributed by atoms with Crippen molar-refractivity contribution < 1.29 is 9.21 Å². The van der Waals surface area contributed by atoms with E-state index in [-0.39, 0.29) is 5.91 Å². The van der Waals surface area contributed by atoms with E-state index >= 15 is 0 Å². The Bertz CT molecular complexity index is 1170. The highest BCUT2D eigenvalue weighted by molar-refractivity contribution is 9.10. The van der Waals surface area contributed by atoms with E-state index in [1.807, 2.05) is 24.3 Å². The topological polar surface area (TPSA) is 55.1 Å². The van der Waals surface area contributed by atoms with E-state index in [1.165, 1.54) is 0 Å². The molecule has 1 heterocycles. The van der Waals surface area contributed by atoms with Gasteiger partial charge in [-0.1, -0.05) is 39.7 Å². The fourth-order valence-corrected chi connectivity index (χ4v) is 3.64. The van der Waals surface area contributed by atoms with Gasteiger partial charge in [-0.15, -0.1) is 0 Å². The zero-order chi connectivity index (χ0) is 19.0. The summed E-state index contributed by atoms with van der Waals surface area (Å²) < 4.78 is 7.51. The lowest BCUT2D eigenvalue weighted by atomic mass is 10.2. The number of nitrogens with one attached hydrogen (secondary N) is 1. The molecule has 1 N–H and O–H groups in total. The summed E-state index contributed by atoms with van der Waals surface area (Å²) in [5.74, 6) is 0.214. The van der Waals surface area contributed by atoms with Crippen LogP contribution < -0.4 is 5.32 Å². The second kappa shape index (κ2) is 7.46. The van der Waals surface area contributed by atoms with Crippen LogP contribution in [-0.2, 0) is 0 Å². The molecule has 7 heteroatoms. The van der Waals surface area contributed by atoms with Crippen LogP contribution in [0.3, 0.4) is 0 Å². The molecule has 0 radical (unpaired) electrons. The second-order valence-electron chi connectivity index (χ2n) is 5.76. The van der Waals surface area contributed by atoms with Crippen LogP contribution in [0, 0.1) is 0 Å². The Balaban J connectivity index is 1.65. The monoisotopic (exact) mass is 504 g/mol. The van der Waals surface area contributed by atoms with E-state index < -0.39 is 0 Å². The smallest absolute Gasteiger partial charge is 0.257 e. The molecule has 0 bridgehead atoms. The van der Waals surface area contributed by atoms with Crippen molar-refractivity contribution in [3.63, 3.8) is 0 Å². The first-order chi connectivity index (χ1) is 13.0. The summed E-state index contributed by atoms with van der Waals surface area (Å²) >= 11 is 13.0. The molecular weight excluding hydrogens is 495 g/mol. The maximum absolute atomic E-state index is 12.5. The normalized spacial score (nSPS) is 10.9. The molecular formula is C20H11Br2ClN2O2. The molecule has 27 heavy (non-hydrogen) atoms. The number of hydrogen-bond donors (Lipinski definition) is 1. The molecule has 4 aromatic rings. The average molecular weight is 507 g/mol. The van der Waals surface area contributed by atoms with Crippen molar-refractivity contribution in [2.24, 2.45) is 0 Å². The first kappa shape index (κ1) is 18.2. The van der Waals surface area contributed by atoms with Crippen LogP contribution in [-0.4, -0.2) is 10.9 Å². The number of aromatic nitrogens is 1. The van der Waals surface area contributed by atoms with Gasteiger partial charge in [0.1, 0.15) is 5.52 Å². The van der Waals surface area contributed by atoms with Gasteiger partial charge in [0.25, 0.3) is 5.91 Å². The van der Waals surface area contributed by atoms with E-state index in [0.717, 1.165) is 14.5 Å². The molecule has 0 atom stereocenters. The molecule has 0 spiro atoms. The minimum atomic E-state index is -0.296. The van der Waals surface area contributed by atoms with Crippen molar-refractivity contribution >= 4 is 66.2 Å². The lowest BCUT2D eigenvalue weighted by molar-refractivity contribution is 0.102. The van der Waals surface area contributed by atoms with Gasteiger partial charge in [0, 0.05) is 14.6 Å². The van der Waals surface area contributed by atoms with E-state index in [1.54, 1.807) is 36.4 Å². The number of hydrogen-bond acceptors (Lipinski definition) is 3. The largest absolute Gasteiger partial charge is 0.436 e. The zero-order valence-corrected chi connectivity index (χ0v) is 17.6. The van der Waals surface area contributed by atoms with Gasteiger partial charge < -0.3 is 9.73 Å². The summed E-state index contributed by atoms with van der Waals surface area (Å²) in [5, 5.41) is 3.23. The zero-order valence-electron chi connectivity index (χ0n) is 13.7. The lowest BCUT2D eigenvalue weighted by Gasteiger charge is -2.07. The van der Waals surface area contributed by atoms with Crippen molar-refractivity contribution in [2.75, 3.05) is 5.32 Å². The van der Waals surface area contributed by atoms with Gasteiger partial charge in [0.15, 0.2) is 5.58 Å². The molecule has 134 valence electrons. The average Bonchev–Trinajstić information content (AvgIpc) is 3.07. The lowest BCUT2D eigenvalue weighted by Crippen LogP contribution is -2.12. The van der Waals surface area contributed by atoms with E-state index in [4.69, 9.17) is 16.0 Å². The number of rotatable bonds is 3. The standard InChI is InChI=1S/C20H11Br2ClN2O2/c21-11-5-7-16(23)14(9-11)19(26)24-12-6-8-18-17(10-12)25-20(27-18)13-3-1-2-4-15(13)22/h1-10H,(H,24,26). The maximum atomic E-state index is 12.5. The fraction of sp³-hybridized carbons (Fsp3) is 0. The van der Waals surface area contributed by atoms with Gasteiger partial charge in [0.2, 0.25) is 5.89 Å². The molecule has 3 aromatic carbocycles. The van der Waals surface area contributed by atoms with Crippen LogP contribution in [0.5, 0.6) is 0 Å². The maximum Gasteiger partial charge on any atom is 0.257 e. The predicted molar refractivity (Wildman–Crippen MR) is 114 cm³/mol.